The van der Waals surface area contributed by atoms with Crippen LogP contribution in [0.2, 0.25) is 0 Å². The molecule has 1 atom stereocenters. The molecule has 4 heavy (non-hydrogen) atoms. The van der Waals surface area contributed by atoms with E-state index in [1.54, 1.807) is 0 Å². The van der Waals surface area contributed by atoms with Crippen LogP contribution in [0.3, 0.4) is 0 Å². The van der Waals surface area contributed by atoms with Crippen LogP contribution >= 0.6 is 0 Å². The molecule has 0 fully saturated rings. The van der Waals surface area contributed by atoms with Gasteiger partial charge in [0, 0.05) is 0 Å². The molecule has 0 spiro atoms. The van der Waals surface area contributed by atoms with Crippen LogP contribution < -0.4 is 0 Å². The van der Waals surface area contributed by atoms with Crippen LogP contribution in [0.4, 0.5) is 0 Å². The van der Waals surface area contributed by atoms with Crippen molar-refractivity contribution < 1.29 is 11.5 Å². The highest BCUT2D eigenvalue weighted by molar-refractivity contribution is 3.88. The summed E-state index contributed by atoms with van der Waals surface area (Å²) in [5.74, 6) is 0. The van der Waals surface area contributed by atoms with Crippen molar-refractivity contribution in [2.24, 2.45) is 0 Å². The van der Waals surface area contributed by atoms with Crippen LogP contribution in [0.1, 0.15) is 8.29 Å². The van der Waals surface area contributed by atoms with Crippen molar-refractivity contribution in [3.8, 4) is 0 Å². The van der Waals surface area contributed by atoms with E-state index in [0.29, 0.717) is 0 Å². The molecular weight excluding hydrogens is 56.0 g/mol. The zero-order valence-corrected chi connectivity index (χ0v) is 2.43. The molecular formula is C2H6O2. The van der Waals surface area contributed by atoms with Gasteiger partial charge in [-0.2, -0.15) is 0 Å². The van der Waals surface area contributed by atoms with Crippen LogP contribution in [0.5, 0.6) is 0 Å². The minimum Gasteiger partial charge on any atom is -0.252 e. The number of hydrogen-bond donors (Lipinski definition) is 1. The minimum atomic E-state index is -0.810. The van der Waals surface area contributed by atoms with Gasteiger partial charge in [-0.15, -0.1) is 0 Å². The Balaban J connectivity index is 2.54. The summed E-state index contributed by atoms with van der Waals surface area (Å²) in [7, 11) is 0. The van der Waals surface area contributed by atoms with Crippen molar-refractivity contribution in [2.75, 3.05) is 6.58 Å². The van der Waals surface area contributed by atoms with Gasteiger partial charge in [0.05, 0.1) is 7.95 Å². The van der Waals surface area contributed by atoms with E-state index in [4.69, 9.17) is 6.63 Å². The molecule has 0 amide bonds. The average Bonchev–Trinajstić information content (AvgIpc) is 1.38. The molecule has 2 heteroatoms. The molecule has 2 nitrogen and oxygen atoms in total. The average molecular weight is 63.1 g/mol. The summed E-state index contributed by atoms with van der Waals surface area (Å²) in [6.07, 6.45) is 0. The molecule has 0 aromatic rings. The van der Waals surface area contributed by atoms with Crippen LogP contribution in [-0.2, 0) is 4.89 Å². The molecule has 0 heterocycles. The highest BCUT2D eigenvalue weighted by Crippen LogP contribution is 1.51. The Kier molecular flexibility index (Phi) is 1.59. The molecule has 1 unspecified atom stereocenters. The second kappa shape index (κ2) is 2.92. The summed E-state index contributed by atoms with van der Waals surface area (Å²) in [4.78, 5) is 3.42. The number of rotatable bonds is 1. The lowest BCUT2D eigenvalue weighted by atomic mass is 10.9. The Labute approximate surface area is 26.3 Å². The first-order chi connectivity index (χ1) is 2.27. The van der Waals surface area contributed by atoms with Gasteiger partial charge >= 0.3 is 0 Å². The van der Waals surface area contributed by atoms with E-state index in [9.17, 15) is 0 Å². The van der Waals surface area contributed by atoms with E-state index in [2.05, 4.69) is 4.89 Å². The zero-order chi connectivity index (χ0) is 4.28. The maximum atomic E-state index is 7.46. The Morgan fingerprint density at radius 2 is 2.75 bits per heavy atom. The standard InChI is InChI=1S/C2H6O2/c1-2-4-3/h3H,2H2,1H3/i2D. The van der Waals surface area contributed by atoms with Crippen molar-refractivity contribution in [1.82, 2.24) is 0 Å². The van der Waals surface area contributed by atoms with Gasteiger partial charge in [-0.05, 0) is 6.92 Å². The van der Waals surface area contributed by atoms with Gasteiger partial charge in [0.1, 0.15) is 0 Å². The topological polar surface area (TPSA) is 29.5 Å². The Bertz CT molecular complexity index is 21.6. The largest absolute Gasteiger partial charge is 0.252 e. The molecule has 0 aliphatic heterocycles. The summed E-state index contributed by atoms with van der Waals surface area (Å²) < 4.78 is 6.35. The van der Waals surface area contributed by atoms with E-state index in [1.165, 1.54) is 6.92 Å². The van der Waals surface area contributed by atoms with Crippen LogP contribution in [0.15, 0.2) is 0 Å². The first-order valence-corrected chi connectivity index (χ1v) is 0.996. The fraction of sp³-hybridized carbons (Fsp3) is 1.00. The maximum Gasteiger partial charge on any atom is 0.0791 e. The third-order valence-corrected chi connectivity index (χ3v) is 0.105. The molecule has 0 aromatic carbocycles. The van der Waals surface area contributed by atoms with E-state index < -0.39 is 6.58 Å². The van der Waals surface area contributed by atoms with Gasteiger partial charge < -0.3 is 0 Å². The van der Waals surface area contributed by atoms with Crippen LogP contribution in [0, 0.1) is 0 Å². The lowest BCUT2D eigenvalue weighted by Crippen LogP contribution is -1.74. The van der Waals surface area contributed by atoms with Crippen molar-refractivity contribution >= 4 is 0 Å². The lowest BCUT2D eigenvalue weighted by Gasteiger charge is -1.73. The van der Waals surface area contributed by atoms with Gasteiger partial charge in [0.2, 0.25) is 0 Å². The predicted octanol–water partition coefficient (Wildman–Crippen LogP) is 0.496. The smallest absolute Gasteiger partial charge is 0.0791 e. The van der Waals surface area contributed by atoms with Crippen molar-refractivity contribution in [2.45, 2.75) is 6.92 Å². The van der Waals surface area contributed by atoms with E-state index in [-0.39, 0.29) is 0 Å². The molecule has 26 valence electrons. The van der Waals surface area contributed by atoms with Crippen molar-refractivity contribution in [3.63, 3.8) is 0 Å². The third-order valence-electron chi connectivity index (χ3n) is 0.105. The molecule has 0 aliphatic rings. The third kappa shape index (κ3) is 1.92. The van der Waals surface area contributed by atoms with Gasteiger partial charge in [-0.3, -0.25) is 5.26 Å². The maximum absolute atomic E-state index is 7.46. The molecule has 1 N–H and O–H groups in total. The summed E-state index contributed by atoms with van der Waals surface area (Å²) in [6, 6.07) is 0. The van der Waals surface area contributed by atoms with Gasteiger partial charge in [0.25, 0.3) is 0 Å². The lowest BCUT2D eigenvalue weighted by molar-refractivity contribution is -0.237. The number of hydrogen-bond acceptors (Lipinski definition) is 2. The molecule has 0 saturated carbocycles. The second-order valence-electron chi connectivity index (χ2n) is 0.341. The van der Waals surface area contributed by atoms with E-state index in [0.717, 1.165) is 0 Å². The quantitative estimate of drug-likeness (QED) is 0.354. The fourth-order valence-electron chi connectivity index (χ4n) is 0. The van der Waals surface area contributed by atoms with Crippen LogP contribution in [-0.4, -0.2) is 11.8 Å². The second-order valence-corrected chi connectivity index (χ2v) is 0.341. The molecule has 0 rings (SSSR count). The summed E-state index contributed by atoms with van der Waals surface area (Å²) in [5.41, 5.74) is 0. The Morgan fingerprint density at radius 3 is 2.75 bits per heavy atom. The zero-order valence-electron chi connectivity index (χ0n) is 3.43. The van der Waals surface area contributed by atoms with Gasteiger partial charge in [-0.1, -0.05) is 0 Å². The monoisotopic (exact) mass is 63.0 g/mol. The van der Waals surface area contributed by atoms with E-state index in [1.807, 2.05) is 0 Å². The van der Waals surface area contributed by atoms with Crippen molar-refractivity contribution in [1.29, 1.82) is 0 Å². The summed E-state index contributed by atoms with van der Waals surface area (Å²) in [6.45, 7) is 0.606. The molecule has 0 aliphatic carbocycles. The first kappa shape index (κ1) is 2.18. The normalized spacial score (nSPS) is 19.0. The fourth-order valence-corrected chi connectivity index (χ4v) is 0. The van der Waals surface area contributed by atoms with Gasteiger partial charge in [0.15, 0.2) is 0 Å². The molecule has 0 radical (unpaired) electrons. The Morgan fingerprint density at radius 1 is 2.50 bits per heavy atom. The minimum absolute atomic E-state index is 0.810. The van der Waals surface area contributed by atoms with Crippen molar-refractivity contribution in [3.05, 3.63) is 0 Å². The highest BCUT2D eigenvalue weighted by Gasteiger charge is 1.54. The Hall–Kier alpha value is -0.0800. The highest BCUT2D eigenvalue weighted by atomic mass is 17.1. The molecule has 0 bridgehead atoms. The van der Waals surface area contributed by atoms with Gasteiger partial charge in [-0.25, -0.2) is 4.89 Å². The summed E-state index contributed by atoms with van der Waals surface area (Å²) >= 11 is 0. The molecule has 0 saturated heterocycles. The first-order valence-electron chi connectivity index (χ1n) is 1.57. The molecule has 0 aromatic heterocycles. The SMILES string of the molecule is [2H]C(C)OO. The van der Waals surface area contributed by atoms with Crippen LogP contribution in [0.25, 0.3) is 0 Å². The van der Waals surface area contributed by atoms with E-state index >= 15 is 0 Å². The predicted molar refractivity (Wildman–Crippen MR) is 14.3 cm³/mol. The summed E-state index contributed by atoms with van der Waals surface area (Å²) in [5, 5.41) is 7.46.